The van der Waals surface area contributed by atoms with Gasteiger partial charge in [-0.05, 0) is 29.9 Å². The van der Waals surface area contributed by atoms with Crippen LogP contribution in [0.15, 0.2) is 18.2 Å². The number of aliphatic hydroxyl groups excluding tert-OH is 1. The van der Waals surface area contributed by atoms with Gasteiger partial charge in [-0.2, -0.15) is 0 Å². The monoisotopic (exact) mass is 190 g/mol. The molecule has 0 fully saturated rings. The number of benzene rings is 1. The van der Waals surface area contributed by atoms with Crippen molar-refractivity contribution in [3.8, 4) is 0 Å². The quantitative estimate of drug-likeness (QED) is 0.654. The van der Waals surface area contributed by atoms with Crippen LogP contribution < -0.4 is 10.4 Å². The Morgan fingerprint density at radius 2 is 1.93 bits per heavy atom. The van der Waals surface area contributed by atoms with Gasteiger partial charge in [0.25, 0.3) is 0 Å². The van der Waals surface area contributed by atoms with E-state index in [1.54, 1.807) is 0 Å². The Morgan fingerprint density at radius 3 is 2.64 bits per heavy atom. The molecular weight excluding hydrogens is 172 g/mol. The van der Waals surface area contributed by atoms with Gasteiger partial charge in [-0.15, -0.1) is 0 Å². The van der Waals surface area contributed by atoms with Gasteiger partial charge in [0.1, 0.15) is 0 Å². The minimum Gasteiger partial charge on any atom is -0.389 e. The van der Waals surface area contributed by atoms with Gasteiger partial charge in [-0.3, -0.25) is 0 Å². The first-order valence-electron chi connectivity index (χ1n) is 5.22. The van der Waals surface area contributed by atoms with E-state index in [2.05, 4.69) is 31.2 Å². The molecule has 0 radical (unpaired) electrons. The van der Waals surface area contributed by atoms with Gasteiger partial charge in [0.15, 0.2) is 0 Å². The third kappa shape index (κ3) is 2.46. The molecule has 1 N–H and O–H groups in total. The van der Waals surface area contributed by atoms with Crippen LogP contribution in [0.25, 0.3) is 12.2 Å². The topological polar surface area (TPSA) is 20.2 Å². The van der Waals surface area contributed by atoms with Crippen molar-refractivity contribution in [2.24, 2.45) is 0 Å². The summed E-state index contributed by atoms with van der Waals surface area (Å²) >= 11 is 0. The fourth-order valence-corrected chi connectivity index (χ4v) is 1.55. The Morgan fingerprint density at radius 1 is 1.21 bits per heavy atom. The van der Waals surface area contributed by atoms with E-state index < -0.39 is 0 Å². The lowest BCUT2D eigenvalue weighted by Gasteiger charge is -2.06. The van der Waals surface area contributed by atoms with Crippen molar-refractivity contribution in [3.05, 3.63) is 34.2 Å². The molecule has 14 heavy (non-hydrogen) atoms. The second kappa shape index (κ2) is 4.97. The number of rotatable bonds is 0. The van der Waals surface area contributed by atoms with E-state index in [1.165, 1.54) is 10.8 Å². The van der Waals surface area contributed by atoms with Gasteiger partial charge < -0.3 is 5.11 Å². The van der Waals surface area contributed by atoms with Gasteiger partial charge in [-0.1, -0.05) is 43.7 Å². The van der Waals surface area contributed by atoms with Gasteiger partial charge in [0.05, 0.1) is 6.10 Å². The van der Waals surface area contributed by atoms with Crippen molar-refractivity contribution >= 4 is 12.2 Å². The van der Waals surface area contributed by atoms with Crippen LogP contribution in [0.4, 0.5) is 0 Å². The standard InChI is InChI=1S/C11H12O.C2H6/c1-8-2-3-10-7-11(12)5-4-9(10)6-8;1-2/h2-4,6-7,11-12H,5H2,1H3;1-2H3. The fourth-order valence-electron chi connectivity index (χ4n) is 1.55. The second-order valence-electron chi connectivity index (χ2n) is 3.31. The molecule has 0 saturated heterocycles. The Bertz CT molecular complexity index is 404. The summed E-state index contributed by atoms with van der Waals surface area (Å²) in [5.74, 6) is 0. The Kier molecular flexibility index (Phi) is 3.90. The van der Waals surface area contributed by atoms with Crippen LogP contribution in [0.2, 0.25) is 0 Å². The van der Waals surface area contributed by atoms with Gasteiger partial charge >= 0.3 is 0 Å². The van der Waals surface area contributed by atoms with E-state index in [1.807, 2.05) is 19.9 Å². The van der Waals surface area contributed by atoms with E-state index in [9.17, 15) is 5.11 Å². The first-order chi connectivity index (χ1) is 6.75. The molecule has 1 heteroatoms. The van der Waals surface area contributed by atoms with Crippen LogP contribution in [-0.4, -0.2) is 11.2 Å². The van der Waals surface area contributed by atoms with Gasteiger partial charge in [0.2, 0.25) is 0 Å². The summed E-state index contributed by atoms with van der Waals surface area (Å²) in [6.45, 7) is 6.08. The van der Waals surface area contributed by atoms with Crippen molar-refractivity contribution in [2.45, 2.75) is 33.3 Å². The molecule has 1 aliphatic carbocycles. The molecule has 1 unspecified atom stereocenters. The number of aryl methyl sites for hydroxylation is 1. The maximum Gasteiger partial charge on any atom is 0.0764 e. The molecule has 1 atom stereocenters. The number of aliphatic hydroxyl groups is 1. The first kappa shape index (κ1) is 11.0. The summed E-state index contributed by atoms with van der Waals surface area (Å²) in [6, 6.07) is 6.28. The molecule has 0 heterocycles. The molecule has 0 aliphatic heterocycles. The van der Waals surface area contributed by atoms with E-state index in [0.717, 1.165) is 11.6 Å². The van der Waals surface area contributed by atoms with Crippen molar-refractivity contribution in [3.63, 3.8) is 0 Å². The third-order valence-corrected chi connectivity index (χ3v) is 2.19. The van der Waals surface area contributed by atoms with Crippen molar-refractivity contribution in [2.75, 3.05) is 0 Å². The zero-order chi connectivity index (χ0) is 10.6. The molecule has 0 aromatic heterocycles. The summed E-state index contributed by atoms with van der Waals surface area (Å²) < 4.78 is 0. The molecule has 2 rings (SSSR count). The smallest absolute Gasteiger partial charge is 0.0764 e. The van der Waals surface area contributed by atoms with Crippen LogP contribution in [0, 0.1) is 6.92 Å². The lowest BCUT2D eigenvalue weighted by atomic mass is 10.0. The predicted molar refractivity (Wildman–Crippen MR) is 61.3 cm³/mol. The zero-order valence-electron chi connectivity index (χ0n) is 9.12. The third-order valence-electron chi connectivity index (χ3n) is 2.19. The largest absolute Gasteiger partial charge is 0.389 e. The molecule has 0 saturated carbocycles. The minimum atomic E-state index is -0.291. The average molecular weight is 190 g/mol. The average Bonchev–Trinajstić information content (AvgIpc) is 2.21. The van der Waals surface area contributed by atoms with Crippen molar-refractivity contribution in [1.82, 2.24) is 0 Å². The predicted octanol–water partition coefficient (Wildman–Crippen LogP) is 1.35. The van der Waals surface area contributed by atoms with Gasteiger partial charge in [0, 0.05) is 0 Å². The zero-order valence-corrected chi connectivity index (χ0v) is 9.12. The lowest BCUT2D eigenvalue weighted by molar-refractivity contribution is 0.244. The van der Waals surface area contributed by atoms with E-state index >= 15 is 0 Å². The molecule has 76 valence electrons. The Hall–Kier alpha value is -1.08. The minimum absolute atomic E-state index is 0.291. The van der Waals surface area contributed by atoms with E-state index in [4.69, 9.17) is 0 Å². The molecule has 0 amide bonds. The van der Waals surface area contributed by atoms with Crippen molar-refractivity contribution < 1.29 is 5.11 Å². The SMILES string of the molecule is CC.Cc1ccc2c(c1)=CCC(O)C=2. The maximum absolute atomic E-state index is 9.34. The highest BCUT2D eigenvalue weighted by atomic mass is 16.3. The van der Waals surface area contributed by atoms with Gasteiger partial charge in [-0.25, -0.2) is 0 Å². The van der Waals surface area contributed by atoms with E-state index in [0.29, 0.717) is 0 Å². The maximum atomic E-state index is 9.34. The van der Waals surface area contributed by atoms with E-state index in [-0.39, 0.29) is 6.10 Å². The summed E-state index contributed by atoms with van der Waals surface area (Å²) in [5, 5.41) is 11.7. The fraction of sp³-hybridized carbons (Fsp3) is 0.385. The number of fused-ring (bicyclic) bond motifs is 1. The van der Waals surface area contributed by atoms with Crippen molar-refractivity contribution in [1.29, 1.82) is 0 Å². The molecule has 1 aromatic carbocycles. The number of hydrogen-bond donors (Lipinski definition) is 1. The molecule has 1 aliphatic rings. The Balaban J connectivity index is 0.000000461. The normalized spacial score (nSPS) is 18.1. The lowest BCUT2D eigenvalue weighted by Crippen LogP contribution is -2.30. The second-order valence-corrected chi connectivity index (χ2v) is 3.31. The van der Waals surface area contributed by atoms with Crippen LogP contribution in [0.3, 0.4) is 0 Å². The highest BCUT2D eigenvalue weighted by Crippen LogP contribution is 1.98. The summed E-state index contributed by atoms with van der Waals surface area (Å²) in [6.07, 6.45) is 4.46. The highest BCUT2D eigenvalue weighted by molar-refractivity contribution is 5.42. The molecule has 0 bridgehead atoms. The molecule has 1 nitrogen and oxygen atoms in total. The molecular formula is C13H18O. The number of hydrogen-bond acceptors (Lipinski definition) is 1. The summed E-state index contributed by atoms with van der Waals surface area (Å²) in [7, 11) is 0. The first-order valence-corrected chi connectivity index (χ1v) is 5.22. The van der Waals surface area contributed by atoms with Crippen LogP contribution >= 0.6 is 0 Å². The Labute approximate surface area is 85.4 Å². The molecule has 1 aromatic rings. The summed E-state index contributed by atoms with van der Waals surface area (Å²) in [5.41, 5.74) is 1.27. The van der Waals surface area contributed by atoms with Crippen LogP contribution in [0.1, 0.15) is 25.8 Å². The van der Waals surface area contributed by atoms with Crippen LogP contribution in [0.5, 0.6) is 0 Å². The highest BCUT2D eigenvalue weighted by Gasteiger charge is 2.01. The summed E-state index contributed by atoms with van der Waals surface area (Å²) in [4.78, 5) is 0. The molecule has 0 spiro atoms. The van der Waals surface area contributed by atoms with Crippen LogP contribution in [-0.2, 0) is 0 Å².